The van der Waals surface area contributed by atoms with Crippen molar-refractivity contribution in [3.05, 3.63) is 18.0 Å². The molecule has 0 saturated carbocycles. The standard InChI is InChI=1S/C17H26N6O2/c1-13(24)23-9-8-21(10-14(11-23)16(18)25)12-15-4-5-19-17(20-15)22-6-2-3-7-22/h4-5,14H,2-3,6-12H2,1H3,(H2,18,25)/t14-/m0/s1. The fourth-order valence-electron chi connectivity index (χ4n) is 3.46. The maximum atomic E-state index is 11.7. The summed E-state index contributed by atoms with van der Waals surface area (Å²) >= 11 is 0. The van der Waals surface area contributed by atoms with Crippen LogP contribution < -0.4 is 10.6 Å². The highest BCUT2D eigenvalue weighted by atomic mass is 16.2. The van der Waals surface area contributed by atoms with E-state index in [2.05, 4.69) is 19.8 Å². The monoisotopic (exact) mass is 346 g/mol. The Hall–Kier alpha value is -2.22. The SMILES string of the molecule is CC(=O)N1CCN(Cc2ccnc(N3CCCC3)n2)C[C@H](C(N)=O)C1. The molecule has 3 heterocycles. The summed E-state index contributed by atoms with van der Waals surface area (Å²) in [6.07, 6.45) is 4.16. The lowest BCUT2D eigenvalue weighted by Crippen LogP contribution is -2.39. The number of amides is 2. The molecule has 0 radical (unpaired) electrons. The van der Waals surface area contributed by atoms with Crippen molar-refractivity contribution in [3.8, 4) is 0 Å². The fourth-order valence-corrected chi connectivity index (χ4v) is 3.46. The van der Waals surface area contributed by atoms with Crippen LogP contribution in [0.1, 0.15) is 25.5 Å². The topological polar surface area (TPSA) is 95.7 Å². The molecule has 2 aliphatic rings. The average molecular weight is 346 g/mol. The molecule has 0 unspecified atom stereocenters. The third kappa shape index (κ3) is 4.45. The number of rotatable bonds is 4. The van der Waals surface area contributed by atoms with Gasteiger partial charge in [0, 0.05) is 58.9 Å². The molecule has 8 heteroatoms. The van der Waals surface area contributed by atoms with Crippen LogP contribution in [0, 0.1) is 5.92 Å². The predicted octanol–water partition coefficient (Wildman–Crippen LogP) is -0.158. The Morgan fingerprint density at radius 3 is 2.64 bits per heavy atom. The third-order valence-corrected chi connectivity index (χ3v) is 4.93. The quantitative estimate of drug-likeness (QED) is 0.814. The minimum Gasteiger partial charge on any atom is -0.369 e. The summed E-state index contributed by atoms with van der Waals surface area (Å²) in [5.41, 5.74) is 6.45. The first-order valence-corrected chi connectivity index (χ1v) is 8.87. The van der Waals surface area contributed by atoms with Gasteiger partial charge in [0.25, 0.3) is 0 Å². The van der Waals surface area contributed by atoms with Gasteiger partial charge in [-0.15, -0.1) is 0 Å². The van der Waals surface area contributed by atoms with E-state index in [1.807, 2.05) is 6.07 Å². The Morgan fingerprint density at radius 2 is 1.96 bits per heavy atom. The fraction of sp³-hybridized carbons (Fsp3) is 0.647. The third-order valence-electron chi connectivity index (χ3n) is 4.93. The van der Waals surface area contributed by atoms with E-state index in [4.69, 9.17) is 5.73 Å². The van der Waals surface area contributed by atoms with Crippen molar-refractivity contribution in [1.82, 2.24) is 19.8 Å². The molecule has 136 valence electrons. The molecule has 0 bridgehead atoms. The zero-order valence-corrected chi connectivity index (χ0v) is 14.7. The highest BCUT2D eigenvalue weighted by molar-refractivity contribution is 5.79. The summed E-state index contributed by atoms with van der Waals surface area (Å²) in [5.74, 6) is 0.0398. The van der Waals surface area contributed by atoms with E-state index in [1.165, 1.54) is 19.8 Å². The largest absolute Gasteiger partial charge is 0.369 e. The second-order valence-corrected chi connectivity index (χ2v) is 6.84. The van der Waals surface area contributed by atoms with Crippen molar-refractivity contribution < 1.29 is 9.59 Å². The minimum absolute atomic E-state index is 0.0218. The molecular weight excluding hydrogens is 320 g/mol. The van der Waals surface area contributed by atoms with Gasteiger partial charge in [0.05, 0.1) is 11.6 Å². The maximum absolute atomic E-state index is 11.7. The van der Waals surface area contributed by atoms with Crippen molar-refractivity contribution in [2.45, 2.75) is 26.3 Å². The molecule has 2 saturated heterocycles. The van der Waals surface area contributed by atoms with Gasteiger partial charge in [0.15, 0.2) is 0 Å². The van der Waals surface area contributed by atoms with Gasteiger partial charge in [0.1, 0.15) is 0 Å². The number of hydrogen-bond acceptors (Lipinski definition) is 6. The van der Waals surface area contributed by atoms with Crippen molar-refractivity contribution in [2.24, 2.45) is 11.7 Å². The first-order valence-electron chi connectivity index (χ1n) is 8.87. The van der Waals surface area contributed by atoms with Crippen LogP contribution in [0.5, 0.6) is 0 Å². The van der Waals surface area contributed by atoms with Gasteiger partial charge < -0.3 is 15.5 Å². The van der Waals surface area contributed by atoms with Crippen molar-refractivity contribution in [3.63, 3.8) is 0 Å². The average Bonchev–Trinajstić information content (AvgIpc) is 3.03. The number of primary amides is 1. The summed E-state index contributed by atoms with van der Waals surface area (Å²) in [6.45, 7) is 6.40. The molecule has 0 spiro atoms. The van der Waals surface area contributed by atoms with Gasteiger partial charge in [0.2, 0.25) is 17.8 Å². The Bertz CT molecular complexity index is 631. The van der Waals surface area contributed by atoms with E-state index in [0.29, 0.717) is 32.7 Å². The summed E-state index contributed by atoms with van der Waals surface area (Å²) in [7, 11) is 0. The van der Waals surface area contributed by atoms with Crippen LogP contribution in [-0.2, 0) is 16.1 Å². The number of carbonyl (C=O) groups excluding carboxylic acids is 2. The molecule has 2 N–H and O–H groups in total. The Labute approximate surface area is 148 Å². The van der Waals surface area contributed by atoms with Gasteiger partial charge in [-0.05, 0) is 18.9 Å². The van der Waals surface area contributed by atoms with Crippen LogP contribution >= 0.6 is 0 Å². The second kappa shape index (κ2) is 7.77. The summed E-state index contributed by atoms with van der Waals surface area (Å²) in [5, 5.41) is 0. The van der Waals surface area contributed by atoms with E-state index >= 15 is 0 Å². The zero-order chi connectivity index (χ0) is 17.8. The normalized spacial score (nSPS) is 22.0. The summed E-state index contributed by atoms with van der Waals surface area (Å²) in [4.78, 5) is 38.5. The first kappa shape index (κ1) is 17.6. The molecule has 3 rings (SSSR count). The van der Waals surface area contributed by atoms with E-state index in [-0.39, 0.29) is 17.7 Å². The van der Waals surface area contributed by atoms with Gasteiger partial charge in [-0.2, -0.15) is 0 Å². The smallest absolute Gasteiger partial charge is 0.225 e. The Kier molecular flexibility index (Phi) is 5.47. The predicted molar refractivity (Wildman–Crippen MR) is 93.7 cm³/mol. The minimum atomic E-state index is -0.362. The number of nitrogens with zero attached hydrogens (tertiary/aromatic N) is 5. The van der Waals surface area contributed by atoms with Gasteiger partial charge in [-0.1, -0.05) is 0 Å². The van der Waals surface area contributed by atoms with E-state index < -0.39 is 0 Å². The second-order valence-electron chi connectivity index (χ2n) is 6.84. The number of anilines is 1. The molecule has 2 amide bonds. The number of carbonyl (C=O) groups is 2. The number of nitrogens with two attached hydrogens (primary N) is 1. The molecule has 2 aliphatic heterocycles. The lowest BCUT2D eigenvalue weighted by atomic mass is 10.1. The van der Waals surface area contributed by atoms with Gasteiger partial charge in [-0.25, -0.2) is 9.97 Å². The molecular formula is C17H26N6O2. The van der Waals surface area contributed by atoms with Gasteiger partial charge in [-0.3, -0.25) is 14.5 Å². The molecule has 2 fully saturated rings. The van der Waals surface area contributed by atoms with Crippen LogP contribution in [0.25, 0.3) is 0 Å². The van der Waals surface area contributed by atoms with E-state index in [0.717, 1.165) is 24.7 Å². The molecule has 0 aromatic carbocycles. The van der Waals surface area contributed by atoms with E-state index in [9.17, 15) is 9.59 Å². The van der Waals surface area contributed by atoms with Crippen molar-refractivity contribution in [2.75, 3.05) is 44.2 Å². The highest BCUT2D eigenvalue weighted by Crippen LogP contribution is 2.17. The van der Waals surface area contributed by atoms with Crippen molar-refractivity contribution >= 4 is 17.8 Å². The van der Waals surface area contributed by atoms with Crippen LogP contribution in [0.4, 0.5) is 5.95 Å². The lowest BCUT2D eigenvalue weighted by Gasteiger charge is -2.22. The maximum Gasteiger partial charge on any atom is 0.225 e. The summed E-state index contributed by atoms with van der Waals surface area (Å²) < 4.78 is 0. The molecule has 1 atom stereocenters. The van der Waals surface area contributed by atoms with Crippen LogP contribution in [0.3, 0.4) is 0 Å². The summed E-state index contributed by atoms with van der Waals surface area (Å²) in [6, 6.07) is 1.91. The zero-order valence-electron chi connectivity index (χ0n) is 14.7. The van der Waals surface area contributed by atoms with Crippen LogP contribution in [0.15, 0.2) is 12.3 Å². The molecule has 0 aliphatic carbocycles. The molecule has 1 aromatic rings. The van der Waals surface area contributed by atoms with Crippen LogP contribution in [-0.4, -0.2) is 70.9 Å². The van der Waals surface area contributed by atoms with Crippen LogP contribution in [0.2, 0.25) is 0 Å². The Balaban J connectivity index is 1.69. The Morgan fingerprint density at radius 1 is 1.20 bits per heavy atom. The molecule has 8 nitrogen and oxygen atoms in total. The first-order chi connectivity index (χ1) is 12.0. The van der Waals surface area contributed by atoms with E-state index in [1.54, 1.807) is 11.1 Å². The van der Waals surface area contributed by atoms with Gasteiger partial charge >= 0.3 is 0 Å². The van der Waals surface area contributed by atoms with Crippen molar-refractivity contribution in [1.29, 1.82) is 0 Å². The highest BCUT2D eigenvalue weighted by Gasteiger charge is 2.28. The molecule has 1 aromatic heterocycles. The number of aromatic nitrogens is 2. The number of hydrogen-bond donors (Lipinski definition) is 1. The lowest BCUT2D eigenvalue weighted by molar-refractivity contribution is -0.130. The molecule has 25 heavy (non-hydrogen) atoms.